The van der Waals surface area contributed by atoms with Gasteiger partial charge in [0.2, 0.25) is 0 Å². The summed E-state index contributed by atoms with van der Waals surface area (Å²) in [4.78, 5) is 14.2. The molecule has 0 bridgehead atoms. The molecule has 4 aromatic carbocycles. The molecule has 0 amide bonds. The molecule has 8 aromatic rings. The van der Waals surface area contributed by atoms with Crippen LogP contribution >= 0.6 is 0 Å². The molecule has 4 heterocycles. The molecule has 0 aliphatic heterocycles. The fraction of sp³-hybridized carbons (Fsp3) is 0.271. The topological polar surface area (TPSA) is 56.7 Å². The molecule has 55 heavy (non-hydrogen) atoms. The van der Waals surface area contributed by atoms with E-state index in [9.17, 15) is 0 Å². The summed E-state index contributed by atoms with van der Waals surface area (Å²) in [6.45, 7) is 15.7. The number of aromatic nitrogens is 4. The number of fused-ring (bicyclic) bond motifs is 4. The predicted octanol–water partition coefficient (Wildman–Crippen LogP) is 12.1. The third-order valence-electron chi connectivity index (χ3n) is 9.76. The van der Waals surface area contributed by atoms with Crippen LogP contribution in [0, 0.1) is 24.6 Å². The normalized spacial score (nSPS) is 12.1. The summed E-state index contributed by atoms with van der Waals surface area (Å²) in [7, 11) is 0. The molecule has 0 unspecified atom stereocenters. The van der Waals surface area contributed by atoms with Crippen molar-refractivity contribution in [2.75, 3.05) is 0 Å². The van der Waals surface area contributed by atoms with E-state index in [1.807, 2.05) is 42.6 Å². The van der Waals surface area contributed by atoms with Crippen molar-refractivity contribution in [1.29, 1.82) is 0 Å². The van der Waals surface area contributed by atoms with Crippen LogP contribution in [0.2, 0.25) is 17.3 Å². The Morgan fingerprint density at radius 3 is 2.20 bits per heavy atom. The van der Waals surface area contributed by atoms with Crippen LogP contribution < -0.4 is 4.40 Å². The molecule has 0 aliphatic rings. The molecule has 0 fully saturated rings. The van der Waals surface area contributed by atoms with Gasteiger partial charge in [-0.2, -0.15) is 0 Å². The van der Waals surface area contributed by atoms with Crippen LogP contribution in [0.4, 0.5) is 0 Å². The molecule has 0 atom stereocenters. The van der Waals surface area contributed by atoms with Gasteiger partial charge in [-0.3, -0.25) is 4.98 Å². The third-order valence-corrected chi connectivity index (χ3v) is 14.1. The van der Waals surface area contributed by atoms with Crippen molar-refractivity contribution in [3.63, 3.8) is 0 Å². The van der Waals surface area contributed by atoms with Gasteiger partial charge < -0.3 is 14.0 Å². The molecule has 4 aromatic heterocycles. The summed E-state index contributed by atoms with van der Waals surface area (Å²) in [6.07, 6.45) is 8.25. The largest absolute Gasteiger partial charge is 0.500 e. The molecule has 5 nitrogen and oxygen atoms in total. The molecule has 1 radical (unpaired) electrons. The summed E-state index contributed by atoms with van der Waals surface area (Å²) < 4.78 is 10.1. The number of para-hydroxylation sites is 2. The first-order valence-electron chi connectivity index (χ1n) is 18.8. The summed E-state index contributed by atoms with van der Waals surface area (Å²) in [6, 6.07) is 36.8. The van der Waals surface area contributed by atoms with E-state index in [-0.39, 0.29) is 25.5 Å². The molecular weight excluding hydrogens is 913 g/mol. The van der Waals surface area contributed by atoms with Crippen molar-refractivity contribution >= 4 is 50.6 Å². The van der Waals surface area contributed by atoms with Crippen molar-refractivity contribution in [1.82, 2.24) is 19.5 Å². The van der Waals surface area contributed by atoms with Gasteiger partial charge in [0, 0.05) is 31.2 Å². The standard InChI is InChI=1S/C29H24N3O.C19H26GeN.Ir/c1-18-9-14-21-22-16-30-17-23(27(22)33-26(21)15-18)28-31-24-7-5-6-8-25(24)32(28)20-12-10-19(11-13-20)29(2,3)4;1-19(2,3)13-16-12-18(15-10-8-7-9-11-15)21-14-17(16)20(4,5)6;/h5-16H,1-4H3;7-10,12,14H,13H2,1-6H3;/q2*-1;. The van der Waals surface area contributed by atoms with Gasteiger partial charge in [-0.05, 0) is 77.1 Å². The second kappa shape index (κ2) is 15.6. The van der Waals surface area contributed by atoms with E-state index < -0.39 is 13.3 Å². The number of imidazole rings is 1. The zero-order chi connectivity index (χ0) is 38.4. The number of hydrogen-bond acceptors (Lipinski definition) is 4. The zero-order valence-electron chi connectivity index (χ0n) is 33.6. The third kappa shape index (κ3) is 8.72. The van der Waals surface area contributed by atoms with Crippen LogP contribution in [0.15, 0.2) is 114 Å². The number of nitrogens with zero attached hydrogens (tertiary/aromatic N) is 4. The number of aryl methyl sites for hydroxylation is 1. The van der Waals surface area contributed by atoms with Crippen LogP contribution in [-0.4, -0.2) is 32.8 Å². The Balaban J connectivity index is 0.000000204. The van der Waals surface area contributed by atoms with Gasteiger partial charge in [0.25, 0.3) is 0 Å². The Kier molecular flexibility index (Phi) is 11.5. The number of hydrogen-bond donors (Lipinski definition) is 0. The number of rotatable bonds is 5. The number of furan rings is 1. The maximum absolute atomic E-state index is 6.34. The van der Waals surface area contributed by atoms with Gasteiger partial charge >= 0.3 is 132 Å². The van der Waals surface area contributed by atoms with E-state index in [2.05, 4.69) is 154 Å². The number of benzene rings is 4. The minimum Gasteiger partial charge on any atom is -0.500 e. The molecule has 7 heteroatoms. The van der Waals surface area contributed by atoms with Gasteiger partial charge in [0.05, 0.1) is 22.4 Å². The molecular formula is C48H50GeIrN4O-2. The van der Waals surface area contributed by atoms with Gasteiger partial charge in [-0.1, -0.05) is 57.2 Å². The minimum absolute atomic E-state index is 0. The molecule has 0 saturated carbocycles. The van der Waals surface area contributed by atoms with Crippen LogP contribution in [0.1, 0.15) is 58.2 Å². The van der Waals surface area contributed by atoms with Gasteiger partial charge in [0.15, 0.2) is 0 Å². The maximum Gasteiger partial charge on any atom is 0.121 e. The van der Waals surface area contributed by atoms with E-state index >= 15 is 0 Å². The Bertz CT molecular complexity index is 2590. The maximum atomic E-state index is 6.34. The Morgan fingerprint density at radius 1 is 0.800 bits per heavy atom. The molecule has 0 aliphatic carbocycles. The van der Waals surface area contributed by atoms with Gasteiger partial charge in [-0.15, -0.1) is 0 Å². The molecule has 283 valence electrons. The summed E-state index contributed by atoms with van der Waals surface area (Å²) >= 11 is -1.90. The average molecular weight is 964 g/mol. The summed E-state index contributed by atoms with van der Waals surface area (Å²) in [5, 5.41) is 2.02. The minimum atomic E-state index is -1.90. The molecule has 0 saturated heterocycles. The second-order valence-electron chi connectivity index (χ2n) is 17.6. The van der Waals surface area contributed by atoms with E-state index in [1.165, 1.54) is 15.5 Å². The van der Waals surface area contributed by atoms with E-state index in [0.717, 1.165) is 73.3 Å². The van der Waals surface area contributed by atoms with Crippen LogP contribution in [0.3, 0.4) is 0 Å². The fourth-order valence-corrected chi connectivity index (χ4v) is 10.4. The quantitative estimate of drug-likeness (QED) is 0.127. The average Bonchev–Trinajstić information content (AvgIpc) is 3.69. The van der Waals surface area contributed by atoms with Crippen LogP contribution in [0.25, 0.3) is 61.3 Å². The molecule has 0 spiro atoms. The number of pyridine rings is 2. The smallest absolute Gasteiger partial charge is 0.121 e. The predicted molar refractivity (Wildman–Crippen MR) is 228 cm³/mol. The second-order valence-corrected chi connectivity index (χ2v) is 28.2. The first kappa shape index (κ1) is 40.3. The van der Waals surface area contributed by atoms with Crippen molar-refractivity contribution in [3.8, 4) is 28.3 Å². The van der Waals surface area contributed by atoms with E-state index in [0.29, 0.717) is 5.41 Å². The Hall–Kier alpha value is -4.36. The van der Waals surface area contributed by atoms with E-state index in [1.54, 1.807) is 0 Å². The van der Waals surface area contributed by atoms with Gasteiger partial charge in [-0.25, -0.2) is 0 Å². The Labute approximate surface area is 342 Å². The van der Waals surface area contributed by atoms with Crippen molar-refractivity contribution < 1.29 is 24.5 Å². The SMILES string of the molecule is CC(C)(C)Cc1cc(-c2[c-]cccc2)nc[c]1[Ge]([CH3])([CH3])[CH3].Cc1ccc2c(c1)oc1c(-c3nc4ccccc4n3-c3ccc(C(C)(C)C)cc3)[c-]ncc12.[Ir]. The van der Waals surface area contributed by atoms with Crippen molar-refractivity contribution in [2.45, 2.75) is 77.6 Å². The summed E-state index contributed by atoms with van der Waals surface area (Å²) in [5.74, 6) is 8.10. The zero-order valence-corrected chi connectivity index (χ0v) is 38.1. The van der Waals surface area contributed by atoms with Gasteiger partial charge in [0.1, 0.15) is 5.58 Å². The Morgan fingerprint density at radius 2 is 1.53 bits per heavy atom. The van der Waals surface area contributed by atoms with E-state index in [4.69, 9.17) is 14.4 Å². The first-order chi connectivity index (χ1) is 25.6. The van der Waals surface area contributed by atoms with Crippen LogP contribution in [-0.2, 0) is 31.9 Å². The molecule has 0 N–H and O–H groups in total. The summed E-state index contributed by atoms with van der Waals surface area (Å²) in [5.41, 5.74) is 11.8. The van der Waals surface area contributed by atoms with Crippen molar-refractivity contribution in [2.24, 2.45) is 5.41 Å². The van der Waals surface area contributed by atoms with Crippen LogP contribution in [0.5, 0.6) is 0 Å². The fourth-order valence-electron chi connectivity index (χ4n) is 7.06. The molecule has 8 rings (SSSR count). The van der Waals surface area contributed by atoms with Crippen molar-refractivity contribution in [3.05, 3.63) is 138 Å². The monoisotopic (exact) mass is 965 g/mol. The first-order valence-corrected chi connectivity index (χ1v) is 26.2.